The summed E-state index contributed by atoms with van der Waals surface area (Å²) >= 11 is 0. The van der Waals surface area contributed by atoms with Gasteiger partial charge in [0.1, 0.15) is 5.69 Å². The van der Waals surface area contributed by atoms with Crippen LogP contribution in [0.25, 0.3) is 10.9 Å². The lowest BCUT2D eigenvalue weighted by atomic mass is 10.0. The highest BCUT2D eigenvalue weighted by Crippen LogP contribution is 2.44. The summed E-state index contributed by atoms with van der Waals surface area (Å²) in [6, 6.07) is 5.44. The van der Waals surface area contributed by atoms with Gasteiger partial charge in [-0.1, -0.05) is 0 Å². The van der Waals surface area contributed by atoms with Gasteiger partial charge in [-0.05, 0) is 23.8 Å². The highest BCUT2D eigenvalue weighted by Gasteiger charge is 2.54. The van der Waals surface area contributed by atoms with E-state index in [1.807, 2.05) is 12.3 Å². The first kappa shape index (κ1) is 17.8. The number of rotatable bonds is 5. The molecule has 29 heavy (non-hydrogen) atoms. The van der Waals surface area contributed by atoms with E-state index in [0.717, 1.165) is 16.5 Å². The number of carbonyl (C=O) groups is 2. The van der Waals surface area contributed by atoms with E-state index in [9.17, 15) is 9.59 Å². The van der Waals surface area contributed by atoms with Crippen molar-refractivity contribution in [1.29, 1.82) is 0 Å². The van der Waals surface area contributed by atoms with Crippen molar-refractivity contribution < 1.29 is 14.3 Å². The van der Waals surface area contributed by atoms with Crippen molar-refractivity contribution in [2.45, 2.75) is 12.5 Å². The Morgan fingerprint density at radius 2 is 2.03 bits per heavy atom. The minimum absolute atomic E-state index is 0.161. The molecule has 0 spiro atoms. The second-order valence-electron chi connectivity index (χ2n) is 7.59. The van der Waals surface area contributed by atoms with Crippen LogP contribution in [0.5, 0.6) is 0 Å². The highest BCUT2D eigenvalue weighted by atomic mass is 16.5. The molecule has 0 aromatic carbocycles. The average Bonchev–Trinajstić information content (AvgIpc) is 3.14. The Morgan fingerprint density at radius 1 is 1.21 bits per heavy atom. The summed E-state index contributed by atoms with van der Waals surface area (Å²) in [6.45, 7) is 1.41. The maximum absolute atomic E-state index is 12.8. The minimum Gasteiger partial charge on any atom is -0.381 e. The Bertz CT molecular complexity index is 1100. The molecule has 1 saturated carbocycles. The van der Waals surface area contributed by atoms with Crippen LogP contribution in [0, 0.1) is 11.8 Å². The van der Waals surface area contributed by atoms with Gasteiger partial charge in [0.2, 0.25) is 0 Å². The van der Waals surface area contributed by atoms with E-state index in [1.165, 1.54) is 0 Å². The Morgan fingerprint density at radius 3 is 2.83 bits per heavy atom. The molecule has 3 aromatic rings. The molecule has 8 heteroatoms. The third-order valence-electron chi connectivity index (χ3n) is 5.78. The Labute approximate surface area is 167 Å². The monoisotopic (exact) mass is 391 g/mol. The summed E-state index contributed by atoms with van der Waals surface area (Å²) in [4.78, 5) is 36.9. The molecule has 1 aliphatic heterocycles. The van der Waals surface area contributed by atoms with Crippen molar-refractivity contribution in [3.8, 4) is 0 Å². The van der Waals surface area contributed by atoms with E-state index < -0.39 is 0 Å². The number of fused-ring (bicyclic) bond motifs is 2. The molecular formula is C21H21N5O3. The molecule has 5 rings (SSSR count). The van der Waals surface area contributed by atoms with E-state index in [-0.39, 0.29) is 23.6 Å². The summed E-state index contributed by atoms with van der Waals surface area (Å²) < 4.78 is 5.38. The molecule has 1 aliphatic carbocycles. The van der Waals surface area contributed by atoms with Gasteiger partial charge in [0.05, 0.1) is 24.9 Å². The number of nitrogens with one attached hydrogen (secondary N) is 3. The van der Waals surface area contributed by atoms with Crippen LogP contribution in [-0.4, -0.2) is 53.1 Å². The van der Waals surface area contributed by atoms with Crippen LogP contribution in [0.1, 0.15) is 32.1 Å². The maximum atomic E-state index is 12.8. The van der Waals surface area contributed by atoms with Crippen LogP contribution in [-0.2, 0) is 11.2 Å². The average molecular weight is 391 g/mol. The van der Waals surface area contributed by atoms with Gasteiger partial charge in [-0.25, -0.2) is 4.98 Å². The predicted octanol–water partition coefficient (Wildman–Crippen LogP) is 1.28. The fraction of sp³-hybridized carbons (Fsp3) is 0.333. The summed E-state index contributed by atoms with van der Waals surface area (Å²) in [5.74, 6) is 0.318. The summed E-state index contributed by atoms with van der Waals surface area (Å²) in [7, 11) is 1.55. The fourth-order valence-corrected chi connectivity index (χ4v) is 4.12. The minimum atomic E-state index is -0.324. The van der Waals surface area contributed by atoms with E-state index in [1.54, 1.807) is 31.6 Å². The number of H-pyrrole nitrogens is 1. The SMILES string of the molecule is CNC(=O)c1cc(C(=O)NC2[C@H]3COC[C@@H]23)cc(Cc2cncc3[nH]ccc23)n1. The van der Waals surface area contributed by atoms with Gasteiger partial charge in [0.15, 0.2) is 0 Å². The lowest BCUT2D eigenvalue weighted by Crippen LogP contribution is -2.30. The van der Waals surface area contributed by atoms with Gasteiger partial charge in [0, 0.05) is 60.4 Å². The van der Waals surface area contributed by atoms with Crippen molar-refractivity contribution in [3.05, 3.63) is 59.3 Å². The van der Waals surface area contributed by atoms with Gasteiger partial charge in [-0.15, -0.1) is 0 Å². The molecule has 8 nitrogen and oxygen atoms in total. The molecule has 1 saturated heterocycles. The fourth-order valence-electron chi connectivity index (χ4n) is 4.12. The maximum Gasteiger partial charge on any atom is 0.269 e. The van der Waals surface area contributed by atoms with Crippen LogP contribution in [0.15, 0.2) is 36.8 Å². The number of nitrogens with zero attached hydrogens (tertiary/aromatic N) is 2. The molecule has 3 atom stereocenters. The lowest BCUT2D eigenvalue weighted by Gasteiger charge is -2.11. The Balaban J connectivity index is 1.44. The van der Waals surface area contributed by atoms with Crippen LogP contribution in [0.3, 0.4) is 0 Å². The van der Waals surface area contributed by atoms with Crippen molar-refractivity contribution in [1.82, 2.24) is 25.6 Å². The molecule has 148 valence electrons. The second kappa shape index (κ2) is 6.97. The quantitative estimate of drug-likeness (QED) is 0.607. The van der Waals surface area contributed by atoms with Crippen LogP contribution in [0.2, 0.25) is 0 Å². The lowest BCUT2D eigenvalue weighted by molar-refractivity contribution is 0.0928. The highest BCUT2D eigenvalue weighted by molar-refractivity contribution is 5.99. The first-order chi connectivity index (χ1) is 14.1. The smallest absolute Gasteiger partial charge is 0.269 e. The number of hydrogen-bond acceptors (Lipinski definition) is 5. The van der Waals surface area contributed by atoms with E-state index in [4.69, 9.17) is 4.74 Å². The summed E-state index contributed by atoms with van der Waals surface area (Å²) in [5.41, 5.74) is 3.22. The Hall–Kier alpha value is -3.26. The van der Waals surface area contributed by atoms with Crippen molar-refractivity contribution in [2.24, 2.45) is 11.8 Å². The standard InChI is InChI=1S/C21H21N5O3/c1-22-21(28)17-6-11(20(27)26-19-15-9-29-10-16(15)19)4-13(25-17)5-12-7-23-8-18-14(12)2-3-24-18/h2-4,6-8,15-16,19,24H,5,9-10H2,1H3,(H,22,28)(H,26,27)/t15-,16+,19?. The molecule has 2 fully saturated rings. The van der Waals surface area contributed by atoms with E-state index >= 15 is 0 Å². The topological polar surface area (TPSA) is 109 Å². The molecule has 2 amide bonds. The molecule has 2 aliphatic rings. The number of pyridine rings is 2. The largest absolute Gasteiger partial charge is 0.381 e. The van der Waals surface area contributed by atoms with Crippen molar-refractivity contribution >= 4 is 22.7 Å². The van der Waals surface area contributed by atoms with Gasteiger partial charge in [0.25, 0.3) is 11.8 Å². The van der Waals surface area contributed by atoms with Crippen molar-refractivity contribution in [3.63, 3.8) is 0 Å². The van der Waals surface area contributed by atoms with Crippen molar-refractivity contribution in [2.75, 3.05) is 20.3 Å². The number of ether oxygens (including phenoxy) is 1. The van der Waals surface area contributed by atoms with Crippen LogP contribution >= 0.6 is 0 Å². The Kier molecular flexibility index (Phi) is 4.28. The molecule has 3 N–H and O–H groups in total. The number of aromatic nitrogens is 3. The third-order valence-corrected chi connectivity index (χ3v) is 5.78. The molecule has 0 bridgehead atoms. The number of amides is 2. The zero-order valence-electron chi connectivity index (χ0n) is 15.9. The first-order valence-corrected chi connectivity index (χ1v) is 9.65. The van der Waals surface area contributed by atoms with Crippen LogP contribution < -0.4 is 10.6 Å². The zero-order valence-corrected chi connectivity index (χ0v) is 15.9. The molecular weight excluding hydrogens is 370 g/mol. The van der Waals surface area contributed by atoms with Gasteiger partial charge in [-0.2, -0.15) is 0 Å². The summed E-state index contributed by atoms with van der Waals surface area (Å²) in [6.07, 6.45) is 5.88. The first-order valence-electron chi connectivity index (χ1n) is 9.65. The van der Waals surface area contributed by atoms with Gasteiger partial charge >= 0.3 is 0 Å². The zero-order chi connectivity index (χ0) is 20.0. The van der Waals surface area contributed by atoms with Gasteiger partial charge < -0.3 is 20.4 Å². The summed E-state index contributed by atoms with van der Waals surface area (Å²) in [5, 5.41) is 6.70. The van der Waals surface area contributed by atoms with E-state index in [0.29, 0.717) is 42.7 Å². The second-order valence-corrected chi connectivity index (χ2v) is 7.59. The predicted molar refractivity (Wildman–Crippen MR) is 106 cm³/mol. The number of carbonyl (C=O) groups excluding carboxylic acids is 2. The third kappa shape index (κ3) is 3.25. The van der Waals surface area contributed by atoms with Gasteiger partial charge in [-0.3, -0.25) is 14.6 Å². The molecule has 3 aromatic heterocycles. The van der Waals surface area contributed by atoms with E-state index in [2.05, 4.69) is 25.6 Å². The molecule has 4 heterocycles. The number of hydrogen-bond donors (Lipinski definition) is 3. The molecule has 0 radical (unpaired) electrons. The number of aromatic amines is 1. The van der Waals surface area contributed by atoms with Crippen LogP contribution in [0.4, 0.5) is 0 Å². The normalized spacial score (nSPS) is 22.3. The molecule has 1 unspecified atom stereocenters.